The standard InChI is InChI=1S/C9H21NOS/c1-8(2)9(3,11)7-12-6-4-5-10/h8,11H,4-7,10H2,1-3H3. The minimum Gasteiger partial charge on any atom is -0.389 e. The third-order valence-electron chi connectivity index (χ3n) is 2.13. The first-order valence-electron chi connectivity index (χ1n) is 4.51. The van der Waals surface area contributed by atoms with Crippen molar-refractivity contribution in [1.82, 2.24) is 0 Å². The first-order chi connectivity index (χ1) is 5.50. The molecule has 0 bridgehead atoms. The Balaban J connectivity index is 3.47. The van der Waals surface area contributed by atoms with Crippen molar-refractivity contribution in [3.8, 4) is 0 Å². The highest BCUT2D eigenvalue weighted by Gasteiger charge is 2.24. The summed E-state index contributed by atoms with van der Waals surface area (Å²) < 4.78 is 0. The second kappa shape index (κ2) is 5.84. The molecule has 3 heteroatoms. The van der Waals surface area contributed by atoms with Gasteiger partial charge in [0.2, 0.25) is 0 Å². The van der Waals surface area contributed by atoms with E-state index in [4.69, 9.17) is 5.73 Å². The van der Waals surface area contributed by atoms with Crippen LogP contribution in [0.2, 0.25) is 0 Å². The van der Waals surface area contributed by atoms with Gasteiger partial charge in [0.1, 0.15) is 0 Å². The summed E-state index contributed by atoms with van der Waals surface area (Å²) in [5, 5.41) is 9.84. The molecule has 0 aliphatic carbocycles. The molecule has 1 atom stereocenters. The molecule has 0 radical (unpaired) electrons. The number of aliphatic hydroxyl groups is 1. The lowest BCUT2D eigenvalue weighted by Crippen LogP contribution is -2.34. The Hall–Kier alpha value is 0.270. The smallest absolute Gasteiger partial charge is 0.0732 e. The molecule has 0 saturated heterocycles. The topological polar surface area (TPSA) is 46.2 Å². The maximum atomic E-state index is 9.84. The van der Waals surface area contributed by atoms with Gasteiger partial charge in [-0.15, -0.1) is 0 Å². The zero-order chi connectivity index (χ0) is 9.61. The number of hydrogen-bond donors (Lipinski definition) is 2. The van der Waals surface area contributed by atoms with E-state index >= 15 is 0 Å². The number of thioether (sulfide) groups is 1. The number of hydrogen-bond acceptors (Lipinski definition) is 3. The Morgan fingerprint density at radius 3 is 2.50 bits per heavy atom. The Labute approximate surface area is 79.9 Å². The maximum Gasteiger partial charge on any atom is 0.0732 e. The average molecular weight is 191 g/mol. The van der Waals surface area contributed by atoms with Gasteiger partial charge < -0.3 is 10.8 Å². The lowest BCUT2D eigenvalue weighted by molar-refractivity contribution is 0.0376. The van der Waals surface area contributed by atoms with Crippen molar-refractivity contribution in [2.75, 3.05) is 18.1 Å². The first-order valence-corrected chi connectivity index (χ1v) is 5.66. The van der Waals surface area contributed by atoms with Crippen LogP contribution in [-0.4, -0.2) is 28.8 Å². The van der Waals surface area contributed by atoms with Gasteiger partial charge in [-0.3, -0.25) is 0 Å². The van der Waals surface area contributed by atoms with Crippen LogP contribution in [0, 0.1) is 5.92 Å². The second-order valence-corrected chi connectivity index (χ2v) is 4.81. The molecule has 0 rings (SSSR count). The Bertz CT molecular complexity index is 115. The predicted molar refractivity (Wildman–Crippen MR) is 56.5 cm³/mol. The van der Waals surface area contributed by atoms with Gasteiger partial charge in [0.05, 0.1) is 5.60 Å². The zero-order valence-corrected chi connectivity index (χ0v) is 9.16. The summed E-state index contributed by atoms with van der Waals surface area (Å²) in [7, 11) is 0. The highest BCUT2D eigenvalue weighted by molar-refractivity contribution is 7.99. The molecule has 3 N–H and O–H groups in total. The lowest BCUT2D eigenvalue weighted by atomic mass is 9.95. The third kappa shape index (κ3) is 5.01. The Kier molecular flexibility index (Phi) is 5.97. The molecule has 1 unspecified atom stereocenters. The van der Waals surface area contributed by atoms with E-state index in [-0.39, 0.29) is 0 Å². The van der Waals surface area contributed by atoms with E-state index in [9.17, 15) is 5.11 Å². The molecule has 12 heavy (non-hydrogen) atoms. The summed E-state index contributed by atoms with van der Waals surface area (Å²) in [6, 6.07) is 0. The van der Waals surface area contributed by atoms with Crippen LogP contribution in [0.25, 0.3) is 0 Å². The minimum absolute atomic E-state index is 0.322. The summed E-state index contributed by atoms with van der Waals surface area (Å²) in [5.41, 5.74) is 4.83. The van der Waals surface area contributed by atoms with E-state index in [1.807, 2.05) is 20.8 Å². The lowest BCUT2D eigenvalue weighted by Gasteiger charge is -2.27. The van der Waals surface area contributed by atoms with Crippen molar-refractivity contribution in [1.29, 1.82) is 0 Å². The maximum absolute atomic E-state index is 9.84. The number of rotatable bonds is 6. The molecule has 0 saturated carbocycles. The number of nitrogens with two attached hydrogens (primary N) is 1. The molecular formula is C9H21NOS. The summed E-state index contributed by atoms with van der Waals surface area (Å²) in [4.78, 5) is 0. The van der Waals surface area contributed by atoms with Crippen LogP contribution in [0.1, 0.15) is 27.2 Å². The van der Waals surface area contributed by atoms with Crippen molar-refractivity contribution < 1.29 is 5.11 Å². The monoisotopic (exact) mass is 191 g/mol. The van der Waals surface area contributed by atoms with E-state index in [0.717, 1.165) is 24.5 Å². The second-order valence-electron chi connectivity index (χ2n) is 3.71. The van der Waals surface area contributed by atoms with Gasteiger partial charge in [0.25, 0.3) is 0 Å². The van der Waals surface area contributed by atoms with Crippen molar-refractivity contribution in [3.05, 3.63) is 0 Å². The summed E-state index contributed by atoms with van der Waals surface area (Å²) >= 11 is 1.78. The highest BCUT2D eigenvalue weighted by Crippen LogP contribution is 2.21. The quantitative estimate of drug-likeness (QED) is 0.625. The van der Waals surface area contributed by atoms with Crippen LogP contribution in [-0.2, 0) is 0 Å². The molecule has 0 spiro atoms. The molecule has 0 aliphatic heterocycles. The Morgan fingerprint density at radius 2 is 2.08 bits per heavy atom. The predicted octanol–water partition coefficient (Wildman–Crippen LogP) is 1.48. The molecule has 0 aromatic carbocycles. The average Bonchev–Trinajstić information content (AvgIpc) is 1.98. The van der Waals surface area contributed by atoms with Gasteiger partial charge in [-0.25, -0.2) is 0 Å². The van der Waals surface area contributed by atoms with Gasteiger partial charge in [-0.05, 0) is 31.6 Å². The highest BCUT2D eigenvalue weighted by atomic mass is 32.2. The Morgan fingerprint density at radius 1 is 1.50 bits per heavy atom. The summed E-state index contributed by atoms with van der Waals surface area (Å²) in [6.07, 6.45) is 1.04. The minimum atomic E-state index is -0.529. The van der Waals surface area contributed by atoms with Crippen LogP contribution in [0.15, 0.2) is 0 Å². The molecule has 0 fully saturated rings. The van der Waals surface area contributed by atoms with E-state index in [1.165, 1.54) is 0 Å². The van der Waals surface area contributed by atoms with Crippen LogP contribution in [0.5, 0.6) is 0 Å². The molecule has 0 aromatic heterocycles. The van der Waals surface area contributed by atoms with Crippen molar-refractivity contribution in [3.63, 3.8) is 0 Å². The fourth-order valence-corrected chi connectivity index (χ4v) is 1.89. The molecule has 0 aliphatic rings. The summed E-state index contributed by atoms with van der Waals surface area (Å²) in [5.74, 6) is 2.19. The molecule has 0 heterocycles. The van der Waals surface area contributed by atoms with Gasteiger partial charge in [-0.2, -0.15) is 11.8 Å². The van der Waals surface area contributed by atoms with Crippen LogP contribution in [0.4, 0.5) is 0 Å². The SMILES string of the molecule is CC(C)C(C)(O)CSCCCN. The van der Waals surface area contributed by atoms with E-state index < -0.39 is 5.60 Å². The van der Waals surface area contributed by atoms with Gasteiger partial charge in [0.15, 0.2) is 0 Å². The molecule has 0 aromatic rings. The first kappa shape index (κ1) is 12.3. The largest absolute Gasteiger partial charge is 0.389 e. The van der Waals surface area contributed by atoms with Crippen molar-refractivity contribution >= 4 is 11.8 Å². The van der Waals surface area contributed by atoms with E-state index in [2.05, 4.69) is 0 Å². The normalized spacial score (nSPS) is 16.5. The van der Waals surface area contributed by atoms with Gasteiger partial charge >= 0.3 is 0 Å². The van der Waals surface area contributed by atoms with E-state index in [1.54, 1.807) is 11.8 Å². The third-order valence-corrected chi connectivity index (χ3v) is 3.50. The van der Waals surface area contributed by atoms with Crippen LogP contribution >= 0.6 is 11.8 Å². The zero-order valence-electron chi connectivity index (χ0n) is 8.34. The van der Waals surface area contributed by atoms with Crippen LogP contribution < -0.4 is 5.73 Å². The molecule has 2 nitrogen and oxygen atoms in total. The van der Waals surface area contributed by atoms with Crippen molar-refractivity contribution in [2.45, 2.75) is 32.8 Å². The molecule has 74 valence electrons. The molecule has 0 amide bonds. The summed E-state index contributed by atoms with van der Waals surface area (Å²) in [6.45, 7) is 6.73. The van der Waals surface area contributed by atoms with Gasteiger partial charge in [-0.1, -0.05) is 13.8 Å². The van der Waals surface area contributed by atoms with Gasteiger partial charge in [0, 0.05) is 5.75 Å². The van der Waals surface area contributed by atoms with Crippen LogP contribution in [0.3, 0.4) is 0 Å². The fourth-order valence-electron chi connectivity index (χ4n) is 0.631. The fraction of sp³-hybridized carbons (Fsp3) is 1.00. The van der Waals surface area contributed by atoms with Crippen molar-refractivity contribution in [2.24, 2.45) is 11.7 Å². The van der Waals surface area contributed by atoms with E-state index in [0.29, 0.717) is 5.92 Å². The molecular weight excluding hydrogens is 170 g/mol.